The maximum atomic E-state index is 11.6. The van der Waals surface area contributed by atoms with Gasteiger partial charge in [-0.2, -0.15) is 0 Å². The van der Waals surface area contributed by atoms with Gasteiger partial charge in [-0.25, -0.2) is 10.3 Å². The summed E-state index contributed by atoms with van der Waals surface area (Å²) in [6, 6.07) is 6.29. The van der Waals surface area contributed by atoms with E-state index in [1.54, 1.807) is 18.2 Å². The van der Waals surface area contributed by atoms with E-state index in [1.807, 2.05) is 0 Å². The highest BCUT2D eigenvalue weighted by atomic mass is 16.8. The van der Waals surface area contributed by atoms with Gasteiger partial charge in [-0.05, 0) is 18.9 Å². The number of nitrogens with zero attached hydrogens (tertiary/aromatic N) is 1. The van der Waals surface area contributed by atoms with Gasteiger partial charge in [-0.1, -0.05) is 12.1 Å². The van der Waals surface area contributed by atoms with Crippen molar-refractivity contribution in [2.45, 2.75) is 32.0 Å². The van der Waals surface area contributed by atoms with Gasteiger partial charge in [0.05, 0.1) is 4.92 Å². The molecule has 1 aromatic carbocycles. The highest BCUT2D eigenvalue weighted by Crippen LogP contribution is 2.22. The first kappa shape index (κ1) is 16.2. The average Bonchev–Trinajstić information content (AvgIpc) is 2.54. The number of hydroxylamine groups is 1. The number of nitro groups is 1. The van der Waals surface area contributed by atoms with E-state index in [2.05, 4.69) is 10.8 Å². The van der Waals surface area contributed by atoms with Crippen LogP contribution in [0.1, 0.15) is 25.7 Å². The van der Waals surface area contributed by atoms with E-state index in [0.717, 1.165) is 19.3 Å². The summed E-state index contributed by atoms with van der Waals surface area (Å²) in [6.07, 6.45) is 2.53. The molecule has 0 bridgehead atoms. The monoisotopic (exact) mass is 309 g/mol. The predicted octanol–water partition coefficient (Wildman–Crippen LogP) is 1.97. The molecule has 1 heterocycles. The Kier molecular flexibility index (Phi) is 6.11. The molecule has 1 saturated heterocycles. The Labute approximate surface area is 127 Å². The fraction of sp³-hybridized carbons (Fsp3) is 0.500. The van der Waals surface area contributed by atoms with Gasteiger partial charge in [-0.3, -0.25) is 14.9 Å². The number of nitro benzene ring substituents is 1. The molecule has 2 N–H and O–H groups in total. The lowest BCUT2D eigenvalue weighted by Gasteiger charge is -2.22. The number of rotatable bonds is 7. The number of carbonyl (C=O) groups is 1. The lowest BCUT2D eigenvalue weighted by molar-refractivity contribution is -0.384. The quantitative estimate of drug-likeness (QED) is 0.589. The molecule has 8 nitrogen and oxygen atoms in total. The number of para-hydroxylation sites is 2. The molecule has 0 spiro atoms. The highest BCUT2D eigenvalue weighted by molar-refractivity contribution is 5.75. The van der Waals surface area contributed by atoms with Crippen LogP contribution in [0.3, 0.4) is 0 Å². The molecule has 120 valence electrons. The molecule has 0 saturated carbocycles. The van der Waals surface area contributed by atoms with Crippen molar-refractivity contribution in [1.82, 2.24) is 5.48 Å². The summed E-state index contributed by atoms with van der Waals surface area (Å²) in [5, 5.41) is 13.7. The van der Waals surface area contributed by atoms with Crippen LogP contribution in [0, 0.1) is 10.1 Å². The summed E-state index contributed by atoms with van der Waals surface area (Å²) in [6.45, 7) is 0.908. The second kappa shape index (κ2) is 8.30. The first-order valence-electron chi connectivity index (χ1n) is 7.20. The van der Waals surface area contributed by atoms with Crippen LogP contribution in [0.15, 0.2) is 24.3 Å². The predicted molar refractivity (Wildman–Crippen MR) is 79.0 cm³/mol. The summed E-state index contributed by atoms with van der Waals surface area (Å²) in [7, 11) is 0. The number of hydrogen-bond donors (Lipinski definition) is 2. The van der Waals surface area contributed by atoms with E-state index in [0.29, 0.717) is 12.3 Å². The van der Waals surface area contributed by atoms with Crippen molar-refractivity contribution in [2.24, 2.45) is 0 Å². The Morgan fingerprint density at radius 3 is 2.95 bits per heavy atom. The number of benzene rings is 1. The minimum Gasteiger partial charge on any atom is -0.379 e. The van der Waals surface area contributed by atoms with Gasteiger partial charge >= 0.3 is 0 Å². The Balaban J connectivity index is 1.69. The van der Waals surface area contributed by atoms with E-state index in [-0.39, 0.29) is 30.9 Å². The highest BCUT2D eigenvalue weighted by Gasteiger charge is 2.16. The lowest BCUT2D eigenvalue weighted by Crippen LogP contribution is -2.33. The van der Waals surface area contributed by atoms with Crippen molar-refractivity contribution in [3.63, 3.8) is 0 Å². The molecule has 1 atom stereocenters. The molecule has 1 amide bonds. The Bertz CT molecular complexity index is 517. The summed E-state index contributed by atoms with van der Waals surface area (Å²) in [5.41, 5.74) is 2.71. The van der Waals surface area contributed by atoms with Gasteiger partial charge in [0.1, 0.15) is 5.69 Å². The minimum atomic E-state index is -0.466. The van der Waals surface area contributed by atoms with E-state index < -0.39 is 4.92 Å². The van der Waals surface area contributed by atoms with Crippen molar-refractivity contribution in [3.05, 3.63) is 34.4 Å². The number of anilines is 1. The van der Waals surface area contributed by atoms with Crippen LogP contribution >= 0.6 is 0 Å². The van der Waals surface area contributed by atoms with Crippen LogP contribution in [0.2, 0.25) is 0 Å². The third-order valence-corrected chi connectivity index (χ3v) is 3.21. The van der Waals surface area contributed by atoms with E-state index >= 15 is 0 Å². The Morgan fingerprint density at radius 2 is 2.23 bits per heavy atom. The topological polar surface area (TPSA) is 103 Å². The third-order valence-electron chi connectivity index (χ3n) is 3.21. The van der Waals surface area contributed by atoms with Gasteiger partial charge in [0, 0.05) is 32.1 Å². The minimum absolute atomic E-state index is 0.0187. The zero-order valence-electron chi connectivity index (χ0n) is 12.1. The Hall–Kier alpha value is -2.19. The number of amides is 1. The number of carbonyl (C=O) groups excluding carboxylic acids is 1. The van der Waals surface area contributed by atoms with Crippen LogP contribution < -0.4 is 10.8 Å². The van der Waals surface area contributed by atoms with Crippen molar-refractivity contribution in [1.29, 1.82) is 0 Å². The molecule has 1 aliphatic rings. The largest absolute Gasteiger partial charge is 0.379 e. The van der Waals surface area contributed by atoms with Crippen molar-refractivity contribution in [2.75, 3.05) is 18.5 Å². The zero-order valence-corrected chi connectivity index (χ0v) is 12.1. The fourth-order valence-corrected chi connectivity index (χ4v) is 2.08. The van der Waals surface area contributed by atoms with Crippen molar-refractivity contribution in [3.8, 4) is 0 Å². The summed E-state index contributed by atoms with van der Waals surface area (Å²) < 4.78 is 5.32. The van der Waals surface area contributed by atoms with E-state index in [4.69, 9.17) is 9.57 Å². The first-order valence-corrected chi connectivity index (χ1v) is 7.20. The van der Waals surface area contributed by atoms with Gasteiger partial charge in [0.15, 0.2) is 6.29 Å². The summed E-state index contributed by atoms with van der Waals surface area (Å²) in [5.74, 6) is -0.305. The van der Waals surface area contributed by atoms with Crippen LogP contribution in [0.5, 0.6) is 0 Å². The number of nitrogens with one attached hydrogen (secondary N) is 2. The summed E-state index contributed by atoms with van der Waals surface area (Å²) >= 11 is 0. The summed E-state index contributed by atoms with van der Waals surface area (Å²) in [4.78, 5) is 27.2. The first-order chi connectivity index (χ1) is 10.7. The molecule has 1 aliphatic heterocycles. The van der Waals surface area contributed by atoms with E-state index in [9.17, 15) is 14.9 Å². The van der Waals surface area contributed by atoms with E-state index in [1.165, 1.54) is 6.07 Å². The van der Waals surface area contributed by atoms with Gasteiger partial charge in [0.2, 0.25) is 5.91 Å². The average molecular weight is 309 g/mol. The smallest absolute Gasteiger partial charge is 0.292 e. The van der Waals surface area contributed by atoms with Gasteiger partial charge < -0.3 is 10.1 Å². The molecular weight excluding hydrogens is 290 g/mol. The van der Waals surface area contributed by atoms with Crippen molar-refractivity contribution >= 4 is 17.3 Å². The standard InChI is InChI=1S/C14H19N3O5/c18-13(16-22-14-7-3-4-10-21-14)8-9-15-11-5-1-2-6-12(11)17(19)20/h1-2,5-6,14-15H,3-4,7-10H2,(H,16,18). The number of ether oxygens (including phenoxy) is 1. The second-order valence-corrected chi connectivity index (χ2v) is 4.89. The van der Waals surface area contributed by atoms with Crippen LogP contribution in [-0.2, 0) is 14.4 Å². The third kappa shape index (κ3) is 4.97. The maximum Gasteiger partial charge on any atom is 0.292 e. The molecule has 2 rings (SSSR count). The van der Waals surface area contributed by atoms with Crippen LogP contribution in [-0.4, -0.2) is 30.3 Å². The number of hydrogen-bond acceptors (Lipinski definition) is 6. The molecular formula is C14H19N3O5. The van der Waals surface area contributed by atoms with Gasteiger partial charge in [-0.15, -0.1) is 0 Å². The molecule has 22 heavy (non-hydrogen) atoms. The molecule has 8 heteroatoms. The van der Waals surface area contributed by atoms with Gasteiger partial charge in [0.25, 0.3) is 5.69 Å². The molecule has 0 radical (unpaired) electrons. The van der Waals surface area contributed by atoms with Crippen LogP contribution in [0.25, 0.3) is 0 Å². The normalized spacial score (nSPS) is 17.7. The second-order valence-electron chi connectivity index (χ2n) is 4.89. The maximum absolute atomic E-state index is 11.6. The fourth-order valence-electron chi connectivity index (χ4n) is 2.08. The molecule has 0 aliphatic carbocycles. The zero-order chi connectivity index (χ0) is 15.8. The molecule has 1 unspecified atom stereocenters. The lowest BCUT2D eigenvalue weighted by atomic mass is 10.2. The van der Waals surface area contributed by atoms with Crippen molar-refractivity contribution < 1.29 is 19.3 Å². The Morgan fingerprint density at radius 1 is 1.41 bits per heavy atom. The molecule has 0 aromatic heterocycles. The molecule has 1 aromatic rings. The SMILES string of the molecule is O=C(CCNc1ccccc1[N+](=O)[O-])NOC1CCCCO1. The molecule has 1 fully saturated rings. The van der Waals surface area contributed by atoms with Crippen LogP contribution in [0.4, 0.5) is 11.4 Å².